The van der Waals surface area contributed by atoms with E-state index in [4.69, 9.17) is 16.3 Å². The summed E-state index contributed by atoms with van der Waals surface area (Å²) < 4.78 is 30.0. The maximum atomic E-state index is 11.0. The van der Waals surface area contributed by atoms with Gasteiger partial charge in [0.1, 0.15) is 10.8 Å². The molecule has 1 aliphatic rings. The molecule has 0 amide bonds. The van der Waals surface area contributed by atoms with Crippen molar-refractivity contribution in [3.8, 4) is 5.75 Å². The lowest BCUT2D eigenvalue weighted by atomic mass is 10.0. The van der Waals surface area contributed by atoms with Crippen molar-refractivity contribution in [3.05, 3.63) is 59.2 Å². The zero-order valence-electron chi connectivity index (χ0n) is 21.1. The predicted octanol–water partition coefficient (Wildman–Crippen LogP) is 3.77. The van der Waals surface area contributed by atoms with Crippen molar-refractivity contribution in [2.45, 2.75) is 25.4 Å². The van der Waals surface area contributed by atoms with Gasteiger partial charge in [0.05, 0.1) is 19.0 Å². The summed E-state index contributed by atoms with van der Waals surface area (Å²) in [6, 6.07) is 14.0. The van der Waals surface area contributed by atoms with Gasteiger partial charge in [-0.05, 0) is 50.7 Å². The second kappa shape index (κ2) is 12.4. The second-order valence-electron chi connectivity index (χ2n) is 8.96. The Hall–Kier alpha value is -3.12. The molecular formula is C25H32ClN7O3S. The van der Waals surface area contributed by atoms with Gasteiger partial charge in [-0.1, -0.05) is 29.8 Å². The summed E-state index contributed by atoms with van der Waals surface area (Å²) in [6.45, 7) is 2.14. The van der Waals surface area contributed by atoms with Crippen LogP contribution in [-0.2, 0) is 17.4 Å². The fourth-order valence-electron chi connectivity index (χ4n) is 4.33. The summed E-state index contributed by atoms with van der Waals surface area (Å²) in [5.74, 6) is 1.41. The lowest BCUT2D eigenvalue weighted by Gasteiger charge is -2.36. The number of benzene rings is 2. The number of hydrogen-bond donors (Lipinski definition) is 4. The first-order chi connectivity index (χ1) is 17.8. The van der Waals surface area contributed by atoms with E-state index in [0.29, 0.717) is 34.3 Å². The normalized spacial score (nSPS) is 14.3. The highest BCUT2D eigenvalue weighted by Gasteiger charge is 2.21. The summed E-state index contributed by atoms with van der Waals surface area (Å²) in [5, 5.41) is 6.73. The number of nitrogens with zero attached hydrogens (tertiary/aromatic N) is 4. The number of thiol groups is 1. The van der Waals surface area contributed by atoms with Crippen LogP contribution in [0.4, 0.5) is 28.8 Å². The number of ether oxygens (including phenoxy) is 1. The van der Waals surface area contributed by atoms with Crippen LogP contribution < -0.4 is 25.0 Å². The highest BCUT2D eigenvalue weighted by molar-refractivity contribution is 7.70. The molecule has 0 radical (unpaired) electrons. The van der Waals surface area contributed by atoms with Gasteiger partial charge in [0, 0.05) is 43.1 Å². The second-order valence-corrected chi connectivity index (χ2v) is 10.2. The monoisotopic (exact) mass is 545 g/mol. The molecule has 0 atom stereocenters. The van der Waals surface area contributed by atoms with Gasteiger partial charge in [0.15, 0.2) is 5.82 Å². The molecule has 0 aliphatic carbocycles. The predicted molar refractivity (Wildman–Crippen MR) is 149 cm³/mol. The number of anilines is 5. The standard InChI is InChI=1S/C25H32ClN7O3S/c1-32(2)18-10-12-33(13-11-18)19-8-9-22(23(14-19)36-3)30-25-27-16-20(26)24(31-25)29-21-7-5-4-6-17(21)15-28-37(34)35/h4-9,14,16,18,37H,10-13,15H2,1-3H3,(H,28,34,35)(H2,27,29,30,31). The fraction of sp³-hybridized carbons (Fsp3) is 0.360. The Morgan fingerprint density at radius 1 is 1.11 bits per heavy atom. The first-order valence-corrected chi connectivity index (χ1v) is 13.5. The lowest BCUT2D eigenvalue weighted by Crippen LogP contribution is -2.41. The Kier molecular flexibility index (Phi) is 9.04. The zero-order chi connectivity index (χ0) is 26.4. The minimum Gasteiger partial charge on any atom is -0.494 e. The highest BCUT2D eigenvalue weighted by atomic mass is 35.5. The molecule has 3 aromatic rings. The van der Waals surface area contributed by atoms with Crippen molar-refractivity contribution in [1.29, 1.82) is 0 Å². The minimum absolute atomic E-state index is 0.145. The van der Waals surface area contributed by atoms with E-state index < -0.39 is 10.9 Å². The number of para-hydroxylation sites is 1. The van der Waals surface area contributed by atoms with E-state index in [-0.39, 0.29) is 6.54 Å². The summed E-state index contributed by atoms with van der Waals surface area (Å²) in [6.07, 6.45) is 3.75. The van der Waals surface area contributed by atoms with E-state index in [2.05, 4.69) is 55.3 Å². The van der Waals surface area contributed by atoms with E-state index >= 15 is 0 Å². The maximum Gasteiger partial charge on any atom is 0.229 e. The summed E-state index contributed by atoms with van der Waals surface area (Å²) >= 11 is 6.36. The van der Waals surface area contributed by atoms with Crippen LogP contribution in [0.1, 0.15) is 18.4 Å². The Balaban J connectivity index is 1.50. The summed E-state index contributed by atoms with van der Waals surface area (Å²) in [4.78, 5) is 13.5. The van der Waals surface area contributed by atoms with Gasteiger partial charge in [0.2, 0.25) is 16.8 Å². The van der Waals surface area contributed by atoms with E-state index in [9.17, 15) is 8.42 Å². The number of methoxy groups -OCH3 is 1. The molecule has 1 saturated heterocycles. The van der Waals surface area contributed by atoms with Crippen LogP contribution >= 0.6 is 11.6 Å². The average Bonchev–Trinajstić information content (AvgIpc) is 2.90. The van der Waals surface area contributed by atoms with Crippen LogP contribution in [0, 0.1) is 0 Å². The summed E-state index contributed by atoms with van der Waals surface area (Å²) in [5.41, 5.74) is 3.27. The molecule has 198 valence electrons. The van der Waals surface area contributed by atoms with Gasteiger partial charge in [-0.25, -0.2) is 18.1 Å². The maximum absolute atomic E-state index is 11.0. The van der Waals surface area contributed by atoms with Gasteiger partial charge in [-0.15, -0.1) is 0 Å². The van der Waals surface area contributed by atoms with Crippen molar-refractivity contribution >= 4 is 51.3 Å². The molecular weight excluding hydrogens is 514 g/mol. The lowest BCUT2D eigenvalue weighted by molar-refractivity contribution is 0.249. The smallest absolute Gasteiger partial charge is 0.229 e. The van der Waals surface area contributed by atoms with E-state index in [1.165, 1.54) is 6.20 Å². The highest BCUT2D eigenvalue weighted by Crippen LogP contribution is 2.34. The van der Waals surface area contributed by atoms with Crippen molar-refractivity contribution in [2.75, 3.05) is 49.8 Å². The molecule has 0 saturated carbocycles. The van der Waals surface area contributed by atoms with Crippen LogP contribution in [0.5, 0.6) is 5.75 Å². The first kappa shape index (κ1) is 26.9. The van der Waals surface area contributed by atoms with Crippen LogP contribution in [-0.4, -0.2) is 63.6 Å². The third kappa shape index (κ3) is 7.01. The molecule has 4 rings (SSSR count). The van der Waals surface area contributed by atoms with Crippen molar-refractivity contribution in [2.24, 2.45) is 0 Å². The molecule has 1 aliphatic heterocycles. The first-order valence-electron chi connectivity index (χ1n) is 12.0. The number of nitrogens with one attached hydrogen (secondary N) is 3. The van der Waals surface area contributed by atoms with Crippen molar-refractivity contribution in [1.82, 2.24) is 19.6 Å². The number of hydrogen-bond acceptors (Lipinski definition) is 9. The molecule has 0 unspecified atom stereocenters. The Morgan fingerprint density at radius 3 is 2.57 bits per heavy atom. The third-order valence-electron chi connectivity index (χ3n) is 6.40. The molecule has 2 aromatic carbocycles. The Bertz CT molecular complexity index is 1290. The molecule has 3 N–H and O–H groups in total. The van der Waals surface area contributed by atoms with Crippen LogP contribution in [0.25, 0.3) is 0 Å². The van der Waals surface area contributed by atoms with Gasteiger partial charge in [0.25, 0.3) is 0 Å². The third-order valence-corrected chi connectivity index (χ3v) is 7.10. The molecule has 1 fully saturated rings. The van der Waals surface area contributed by atoms with Gasteiger partial charge >= 0.3 is 0 Å². The zero-order valence-corrected chi connectivity index (χ0v) is 22.7. The van der Waals surface area contributed by atoms with Crippen molar-refractivity contribution < 1.29 is 13.2 Å². The molecule has 2 heterocycles. The van der Waals surface area contributed by atoms with Crippen LogP contribution in [0.3, 0.4) is 0 Å². The Labute approximate surface area is 224 Å². The van der Waals surface area contributed by atoms with E-state index in [1.54, 1.807) is 7.11 Å². The Morgan fingerprint density at radius 2 is 1.86 bits per heavy atom. The number of aromatic nitrogens is 2. The quantitative estimate of drug-likeness (QED) is 0.283. The van der Waals surface area contributed by atoms with Gasteiger partial charge in [-0.2, -0.15) is 4.98 Å². The minimum atomic E-state index is -2.71. The largest absolute Gasteiger partial charge is 0.494 e. The van der Waals surface area contributed by atoms with Gasteiger partial charge < -0.3 is 25.2 Å². The number of halogens is 1. The molecule has 10 nitrogen and oxygen atoms in total. The van der Waals surface area contributed by atoms with E-state index in [0.717, 1.165) is 42.9 Å². The number of rotatable bonds is 10. The molecule has 0 spiro atoms. The summed E-state index contributed by atoms with van der Waals surface area (Å²) in [7, 11) is 3.20. The molecule has 12 heteroatoms. The van der Waals surface area contributed by atoms with Gasteiger partial charge in [-0.3, -0.25) is 0 Å². The molecule has 0 bridgehead atoms. The molecule has 37 heavy (non-hydrogen) atoms. The van der Waals surface area contributed by atoms with Crippen LogP contribution in [0.15, 0.2) is 48.7 Å². The topological polar surface area (TPSA) is 112 Å². The SMILES string of the molecule is COc1cc(N2CCC(N(C)C)CC2)ccc1Nc1ncc(Cl)c(Nc2ccccc2CN[SH](=O)=O)n1. The average molecular weight is 546 g/mol. The number of piperidine rings is 1. The van der Waals surface area contributed by atoms with E-state index in [1.807, 2.05) is 36.4 Å². The fourth-order valence-corrected chi connectivity index (χ4v) is 4.77. The van der Waals surface area contributed by atoms with Crippen molar-refractivity contribution in [3.63, 3.8) is 0 Å². The molecule has 1 aromatic heterocycles. The van der Waals surface area contributed by atoms with Crippen LogP contribution in [0.2, 0.25) is 5.02 Å².